The Labute approximate surface area is 131 Å². The summed E-state index contributed by atoms with van der Waals surface area (Å²) < 4.78 is 0. The summed E-state index contributed by atoms with van der Waals surface area (Å²) >= 11 is 0. The predicted molar refractivity (Wildman–Crippen MR) is 81.6 cm³/mol. The van der Waals surface area contributed by atoms with Gasteiger partial charge >= 0.3 is 0 Å². The fourth-order valence-electron chi connectivity index (χ4n) is 6.01. The molecule has 0 aromatic carbocycles. The predicted octanol–water partition coefficient (Wildman–Crippen LogP) is 2.17. The third-order valence-corrected chi connectivity index (χ3v) is 7.25. The molecule has 2 N–H and O–H groups in total. The topological polar surface area (TPSA) is 66.4 Å². The van der Waals surface area contributed by atoms with E-state index < -0.39 is 0 Å². The molecule has 0 aromatic rings. The number of hydrogen-bond acceptors (Lipinski definition) is 3. The molecular weight excluding hydrogens is 278 g/mol. The molecule has 1 amide bonds. The van der Waals surface area contributed by atoms with E-state index in [9.17, 15) is 14.7 Å². The maximum absolute atomic E-state index is 13.0. The second-order valence-corrected chi connectivity index (χ2v) is 8.31. The standard InChI is InChI=1S/C18H25NO3/c1-17-8-7-15(22)19-13(17)5-3-10-11-4-6-14(21)18(11,2)9-12(20)16(10)17/h5,10-11,14,16,21H,3-4,6-9H2,1-2H3,(H,19,22). The summed E-state index contributed by atoms with van der Waals surface area (Å²) in [4.78, 5) is 24.7. The van der Waals surface area contributed by atoms with Crippen molar-refractivity contribution in [1.29, 1.82) is 0 Å². The van der Waals surface area contributed by atoms with Crippen LogP contribution in [0, 0.1) is 28.6 Å². The first-order valence-corrected chi connectivity index (χ1v) is 8.57. The second kappa shape index (κ2) is 4.44. The average Bonchev–Trinajstić information content (AvgIpc) is 2.75. The van der Waals surface area contributed by atoms with Gasteiger partial charge in [-0.25, -0.2) is 0 Å². The Balaban J connectivity index is 1.76. The smallest absolute Gasteiger partial charge is 0.224 e. The lowest BCUT2D eigenvalue weighted by atomic mass is 9.49. The summed E-state index contributed by atoms with van der Waals surface area (Å²) in [6.45, 7) is 4.26. The van der Waals surface area contributed by atoms with Gasteiger partial charge in [0.2, 0.25) is 5.91 Å². The zero-order chi connectivity index (χ0) is 15.7. The van der Waals surface area contributed by atoms with Gasteiger partial charge in [-0.05, 0) is 37.5 Å². The number of aliphatic hydroxyl groups is 1. The van der Waals surface area contributed by atoms with Crippen molar-refractivity contribution in [3.8, 4) is 0 Å². The van der Waals surface area contributed by atoms with E-state index >= 15 is 0 Å². The summed E-state index contributed by atoms with van der Waals surface area (Å²) in [5.74, 6) is 1.14. The number of Topliss-reactive ketones (excluding diaryl/α,β-unsaturated/α-hetero) is 1. The van der Waals surface area contributed by atoms with Gasteiger partial charge < -0.3 is 10.4 Å². The van der Waals surface area contributed by atoms with Crippen LogP contribution in [-0.2, 0) is 9.59 Å². The lowest BCUT2D eigenvalue weighted by molar-refractivity contribution is -0.148. The molecule has 120 valence electrons. The van der Waals surface area contributed by atoms with Crippen molar-refractivity contribution in [2.75, 3.05) is 0 Å². The minimum absolute atomic E-state index is 0.0106. The number of allylic oxidation sites excluding steroid dienone is 2. The van der Waals surface area contributed by atoms with Gasteiger partial charge in [0, 0.05) is 35.3 Å². The first-order chi connectivity index (χ1) is 10.4. The highest BCUT2D eigenvalue weighted by atomic mass is 16.3. The number of hydrogen-bond donors (Lipinski definition) is 2. The van der Waals surface area contributed by atoms with Crippen LogP contribution < -0.4 is 5.32 Å². The monoisotopic (exact) mass is 303 g/mol. The number of fused-ring (bicyclic) bond motifs is 5. The normalized spacial score (nSPS) is 50.6. The second-order valence-electron chi connectivity index (χ2n) is 8.31. The first kappa shape index (κ1) is 14.4. The Morgan fingerprint density at radius 2 is 2.05 bits per heavy atom. The van der Waals surface area contributed by atoms with E-state index in [1.54, 1.807) is 0 Å². The third-order valence-electron chi connectivity index (χ3n) is 7.25. The SMILES string of the molecule is CC12CCC(=O)NC1=CCC1C2C(=O)CC2(C)C(O)CCC12. The molecule has 22 heavy (non-hydrogen) atoms. The molecule has 4 heteroatoms. The number of carbonyl (C=O) groups excluding carboxylic acids is 2. The van der Waals surface area contributed by atoms with Crippen molar-refractivity contribution < 1.29 is 14.7 Å². The van der Waals surface area contributed by atoms with Crippen LogP contribution in [0.15, 0.2) is 11.8 Å². The highest BCUT2D eigenvalue weighted by molar-refractivity contribution is 5.86. The maximum Gasteiger partial charge on any atom is 0.224 e. The van der Waals surface area contributed by atoms with E-state index in [4.69, 9.17) is 0 Å². The van der Waals surface area contributed by atoms with Crippen molar-refractivity contribution in [2.45, 2.75) is 58.5 Å². The zero-order valence-corrected chi connectivity index (χ0v) is 13.4. The molecule has 0 bridgehead atoms. The Morgan fingerprint density at radius 1 is 1.27 bits per heavy atom. The van der Waals surface area contributed by atoms with Crippen molar-refractivity contribution in [3.63, 3.8) is 0 Å². The van der Waals surface area contributed by atoms with Crippen LogP contribution in [0.5, 0.6) is 0 Å². The number of ketones is 1. The number of amides is 1. The van der Waals surface area contributed by atoms with E-state index in [1.165, 1.54) is 0 Å². The highest BCUT2D eigenvalue weighted by Crippen LogP contribution is 2.62. The number of aliphatic hydroxyl groups excluding tert-OH is 1. The molecular formula is C18H25NO3. The number of rotatable bonds is 0. The van der Waals surface area contributed by atoms with Crippen LogP contribution in [0.25, 0.3) is 0 Å². The average molecular weight is 303 g/mol. The molecule has 4 aliphatic rings. The van der Waals surface area contributed by atoms with Crippen LogP contribution in [-0.4, -0.2) is 22.9 Å². The molecule has 6 atom stereocenters. The third kappa shape index (κ3) is 1.67. The van der Waals surface area contributed by atoms with Gasteiger partial charge in [-0.15, -0.1) is 0 Å². The van der Waals surface area contributed by atoms with Crippen LogP contribution in [0.2, 0.25) is 0 Å². The van der Waals surface area contributed by atoms with Crippen molar-refractivity contribution >= 4 is 11.7 Å². The fourth-order valence-corrected chi connectivity index (χ4v) is 6.01. The molecule has 0 spiro atoms. The summed E-state index contributed by atoms with van der Waals surface area (Å²) in [7, 11) is 0. The lowest BCUT2D eigenvalue weighted by Gasteiger charge is -2.55. The van der Waals surface area contributed by atoms with Gasteiger partial charge in [0.1, 0.15) is 5.78 Å². The minimum atomic E-state index is -0.341. The van der Waals surface area contributed by atoms with E-state index in [-0.39, 0.29) is 28.8 Å². The lowest BCUT2D eigenvalue weighted by Crippen LogP contribution is -2.57. The Hall–Kier alpha value is -1.16. The quantitative estimate of drug-likeness (QED) is 0.721. The Kier molecular flexibility index (Phi) is 2.91. The molecule has 6 unspecified atom stereocenters. The van der Waals surface area contributed by atoms with Gasteiger partial charge in [-0.3, -0.25) is 9.59 Å². The molecule has 1 aliphatic heterocycles. The van der Waals surface area contributed by atoms with Crippen LogP contribution >= 0.6 is 0 Å². The van der Waals surface area contributed by atoms with Gasteiger partial charge in [0.05, 0.1) is 6.10 Å². The molecule has 3 aliphatic carbocycles. The van der Waals surface area contributed by atoms with Crippen molar-refractivity contribution in [2.24, 2.45) is 28.6 Å². The molecule has 3 fully saturated rings. The van der Waals surface area contributed by atoms with E-state index in [1.807, 2.05) is 0 Å². The van der Waals surface area contributed by atoms with E-state index in [0.29, 0.717) is 30.5 Å². The molecule has 4 rings (SSSR count). The van der Waals surface area contributed by atoms with Crippen molar-refractivity contribution in [3.05, 3.63) is 11.8 Å². The van der Waals surface area contributed by atoms with E-state index in [0.717, 1.165) is 31.4 Å². The fraction of sp³-hybridized carbons (Fsp3) is 0.778. The molecule has 2 saturated carbocycles. The van der Waals surface area contributed by atoms with Crippen molar-refractivity contribution in [1.82, 2.24) is 5.32 Å². The number of nitrogens with one attached hydrogen (secondary N) is 1. The molecule has 4 nitrogen and oxygen atoms in total. The summed E-state index contributed by atoms with van der Waals surface area (Å²) in [6.07, 6.45) is 6.29. The number of piperidine rings is 1. The largest absolute Gasteiger partial charge is 0.393 e. The zero-order valence-electron chi connectivity index (χ0n) is 13.4. The Morgan fingerprint density at radius 3 is 2.82 bits per heavy atom. The summed E-state index contributed by atoms with van der Waals surface area (Å²) in [5, 5.41) is 13.4. The molecule has 1 heterocycles. The van der Waals surface area contributed by atoms with Gasteiger partial charge in [0.25, 0.3) is 0 Å². The van der Waals surface area contributed by atoms with E-state index in [2.05, 4.69) is 25.2 Å². The molecule has 1 saturated heterocycles. The van der Waals surface area contributed by atoms with Crippen LogP contribution in [0.3, 0.4) is 0 Å². The van der Waals surface area contributed by atoms with Gasteiger partial charge in [0.15, 0.2) is 0 Å². The number of carbonyl (C=O) groups is 2. The van der Waals surface area contributed by atoms with Crippen LogP contribution in [0.4, 0.5) is 0 Å². The maximum atomic E-state index is 13.0. The van der Waals surface area contributed by atoms with Crippen LogP contribution in [0.1, 0.15) is 52.4 Å². The summed E-state index contributed by atoms with van der Waals surface area (Å²) in [5.41, 5.74) is 0.515. The Bertz CT molecular complexity index is 583. The highest BCUT2D eigenvalue weighted by Gasteiger charge is 2.61. The summed E-state index contributed by atoms with van der Waals surface area (Å²) in [6, 6.07) is 0. The van der Waals surface area contributed by atoms with Gasteiger partial charge in [-0.2, -0.15) is 0 Å². The molecule has 0 radical (unpaired) electrons. The van der Waals surface area contributed by atoms with Gasteiger partial charge in [-0.1, -0.05) is 19.9 Å². The molecule has 0 aromatic heterocycles. The first-order valence-electron chi connectivity index (χ1n) is 8.57. The minimum Gasteiger partial charge on any atom is -0.393 e.